The van der Waals surface area contributed by atoms with Gasteiger partial charge < -0.3 is 14.5 Å². The molecule has 6 nitrogen and oxygen atoms in total. The molecule has 3 saturated heterocycles. The summed E-state index contributed by atoms with van der Waals surface area (Å²) in [5, 5.41) is 0. The van der Waals surface area contributed by atoms with E-state index in [0.717, 1.165) is 64.5 Å². The Kier molecular flexibility index (Phi) is 7.50. The maximum atomic E-state index is 12.9. The van der Waals surface area contributed by atoms with Crippen LogP contribution in [0.1, 0.15) is 38.5 Å². The minimum Gasteiger partial charge on any atom is -0.497 e. The van der Waals surface area contributed by atoms with Gasteiger partial charge in [-0.25, -0.2) is 0 Å². The normalized spacial score (nSPS) is 24.5. The molecule has 6 heteroatoms. The number of carbonyl (C=O) groups excluding carboxylic acids is 1. The largest absolute Gasteiger partial charge is 0.497 e. The summed E-state index contributed by atoms with van der Waals surface area (Å²) < 4.78 is 5.27. The summed E-state index contributed by atoms with van der Waals surface area (Å²) in [4.78, 5) is 22.5. The van der Waals surface area contributed by atoms with Crippen molar-refractivity contribution in [2.45, 2.75) is 44.6 Å². The number of methoxy groups -OCH3 is 1. The summed E-state index contributed by atoms with van der Waals surface area (Å²) in [5.74, 6) is 1.25. The quantitative estimate of drug-likeness (QED) is 0.741. The van der Waals surface area contributed by atoms with E-state index in [-0.39, 0.29) is 0 Å². The highest BCUT2D eigenvalue weighted by Gasteiger charge is 2.30. The zero-order valence-corrected chi connectivity index (χ0v) is 18.6. The van der Waals surface area contributed by atoms with Gasteiger partial charge in [-0.2, -0.15) is 0 Å². The molecule has 1 amide bonds. The fourth-order valence-electron chi connectivity index (χ4n) is 5.20. The number of hydrogen-bond acceptors (Lipinski definition) is 5. The zero-order valence-electron chi connectivity index (χ0n) is 18.6. The Morgan fingerprint density at radius 1 is 0.900 bits per heavy atom. The first kappa shape index (κ1) is 21.4. The minimum absolute atomic E-state index is 0.346. The van der Waals surface area contributed by atoms with E-state index in [0.29, 0.717) is 18.5 Å². The van der Waals surface area contributed by atoms with Gasteiger partial charge >= 0.3 is 0 Å². The molecule has 0 saturated carbocycles. The number of hydrogen-bond donors (Lipinski definition) is 0. The van der Waals surface area contributed by atoms with Crippen LogP contribution in [0.5, 0.6) is 5.75 Å². The van der Waals surface area contributed by atoms with Gasteiger partial charge in [0.2, 0.25) is 5.91 Å². The smallest absolute Gasteiger partial charge is 0.236 e. The average molecular weight is 415 g/mol. The van der Waals surface area contributed by atoms with Crippen LogP contribution in [0.2, 0.25) is 0 Å². The first-order valence-electron chi connectivity index (χ1n) is 11.9. The number of piperazine rings is 1. The van der Waals surface area contributed by atoms with Gasteiger partial charge in [0.25, 0.3) is 0 Å². The van der Waals surface area contributed by atoms with Crippen LogP contribution >= 0.6 is 0 Å². The lowest BCUT2D eigenvalue weighted by molar-refractivity contribution is -0.134. The fourth-order valence-corrected chi connectivity index (χ4v) is 5.20. The third kappa shape index (κ3) is 5.46. The van der Waals surface area contributed by atoms with Crippen LogP contribution in [0.4, 0.5) is 5.69 Å². The number of amides is 1. The molecule has 3 aliphatic heterocycles. The summed E-state index contributed by atoms with van der Waals surface area (Å²) in [6.07, 6.45) is 7.48. The topological polar surface area (TPSA) is 39.3 Å². The summed E-state index contributed by atoms with van der Waals surface area (Å²) in [6, 6.07) is 8.90. The molecule has 3 fully saturated rings. The average Bonchev–Trinajstić information content (AvgIpc) is 3.08. The van der Waals surface area contributed by atoms with Crippen LogP contribution in [0.15, 0.2) is 24.3 Å². The van der Waals surface area contributed by atoms with Crippen molar-refractivity contribution in [3.8, 4) is 5.75 Å². The Labute approximate surface area is 181 Å². The number of benzene rings is 1. The van der Waals surface area contributed by atoms with Gasteiger partial charge in [0.05, 0.1) is 13.7 Å². The number of ether oxygens (including phenoxy) is 1. The van der Waals surface area contributed by atoms with Gasteiger partial charge in [0.1, 0.15) is 5.75 Å². The number of anilines is 1. The Morgan fingerprint density at radius 2 is 1.60 bits per heavy atom. The predicted octanol–water partition coefficient (Wildman–Crippen LogP) is 2.68. The van der Waals surface area contributed by atoms with E-state index >= 15 is 0 Å². The minimum atomic E-state index is 0.346. The van der Waals surface area contributed by atoms with E-state index in [4.69, 9.17) is 4.74 Å². The Balaban J connectivity index is 1.26. The van der Waals surface area contributed by atoms with Crippen LogP contribution < -0.4 is 9.64 Å². The van der Waals surface area contributed by atoms with Gasteiger partial charge in [-0.3, -0.25) is 14.6 Å². The van der Waals surface area contributed by atoms with Crippen molar-refractivity contribution < 1.29 is 9.53 Å². The van der Waals surface area contributed by atoms with Gasteiger partial charge in [0.15, 0.2) is 0 Å². The molecule has 1 aromatic rings. The van der Waals surface area contributed by atoms with E-state index in [1.807, 2.05) is 12.1 Å². The number of likely N-dealkylation sites (tertiary alicyclic amines) is 2. The monoisotopic (exact) mass is 414 g/mol. The van der Waals surface area contributed by atoms with Gasteiger partial charge in [0, 0.05) is 51.0 Å². The van der Waals surface area contributed by atoms with E-state index in [2.05, 4.69) is 31.7 Å². The summed E-state index contributed by atoms with van der Waals surface area (Å²) >= 11 is 0. The van der Waals surface area contributed by atoms with Crippen molar-refractivity contribution >= 4 is 11.6 Å². The zero-order chi connectivity index (χ0) is 20.8. The highest BCUT2D eigenvalue weighted by molar-refractivity contribution is 5.78. The van der Waals surface area contributed by atoms with E-state index in [9.17, 15) is 4.79 Å². The highest BCUT2D eigenvalue weighted by atomic mass is 16.5. The number of rotatable bonds is 5. The van der Waals surface area contributed by atoms with Crippen molar-refractivity contribution in [1.82, 2.24) is 14.7 Å². The molecule has 0 bridgehead atoms. The van der Waals surface area contributed by atoms with Gasteiger partial charge in [-0.15, -0.1) is 0 Å². The SMILES string of the molecule is COc1ccc(N2CCN(C3CCCN(C(=O)CN4CCCCCC4)C3)CC2)cc1. The molecule has 3 aliphatic rings. The molecule has 0 N–H and O–H groups in total. The van der Waals surface area contributed by atoms with Crippen molar-refractivity contribution in [3.05, 3.63) is 24.3 Å². The van der Waals surface area contributed by atoms with Crippen molar-refractivity contribution in [1.29, 1.82) is 0 Å². The van der Waals surface area contributed by atoms with Crippen molar-refractivity contribution in [3.63, 3.8) is 0 Å². The molecule has 1 unspecified atom stereocenters. The van der Waals surface area contributed by atoms with Crippen LogP contribution in [0.3, 0.4) is 0 Å². The maximum absolute atomic E-state index is 12.9. The molecule has 166 valence electrons. The summed E-state index contributed by atoms with van der Waals surface area (Å²) in [7, 11) is 1.71. The summed E-state index contributed by atoms with van der Waals surface area (Å²) in [5.41, 5.74) is 1.27. The molecule has 1 aromatic carbocycles. The summed E-state index contributed by atoms with van der Waals surface area (Å²) in [6.45, 7) is 8.90. The van der Waals surface area contributed by atoms with Crippen LogP contribution in [-0.2, 0) is 4.79 Å². The number of piperidine rings is 1. The lowest BCUT2D eigenvalue weighted by Crippen LogP contribution is -2.56. The second-order valence-corrected chi connectivity index (χ2v) is 9.05. The lowest BCUT2D eigenvalue weighted by atomic mass is 10.0. The Hall–Kier alpha value is -1.79. The standard InChI is InChI=1S/C24H38N4O2/c1-30-23-10-8-21(9-11-23)26-15-17-27(18-16-26)22-7-6-14-28(19-22)24(29)20-25-12-4-2-3-5-13-25/h8-11,22H,2-7,12-20H2,1H3. The first-order chi connectivity index (χ1) is 14.7. The van der Waals surface area contributed by atoms with Crippen molar-refractivity contribution in [2.75, 3.05) is 70.9 Å². The number of carbonyl (C=O) groups is 1. The molecule has 4 rings (SSSR count). The van der Waals surface area contributed by atoms with Crippen molar-refractivity contribution in [2.24, 2.45) is 0 Å². The molecular weight excluding hydrogens is 376 g/mol. The molecule has 0 aromatic heterocycles. The third-order valence-electron chi connectivity index (χ3n) is 7.08. The Morgan fingerprint density at radius 3 is 2.27 bits per heavy atom. The first-order valence-corrected chi connectivity index (χ1v) is 11.9. The Bertz CT molecular complexity index is 664. The lowest BCUT2D eigenvalue weighted by Gasteiger charge is -2.44. The van der Waals surface area contributed by atoms with Crippen LogP contribution in [0, 0.1) is 0 Å². The maximum Gasteiger partial charge on any atom is 0.236 e. The molecule has 0 aliphatic carbocycles. The molecule has 30 heavy (non-hydrogen) atoms. The second-order valence-electron chi connectivity index (χ2n) is 9.05. The third-order valence-corrected chi connectivity index (χ3v) is 7.08. The molecular formula is C24H38N4O2. The van der Waals surface area contributed by atoms with E-state index in [1.165, 1.54) is 37.8 Å². The highest BCUT2D eigenvalue weighted by Crippen LogP contribution is 2.23. The van der Waals surface area contributed by atoms with E-state index in [1.54, 1.807) is 7.11 Å². The van der Waals surface area contributed by atoms with Crippen LogP contribution in [0.25, 0.3) is 0 Å². The van der Waals surface area contributed by atoms with Crippen LogP contribution in [-0.4, -0.2) is 92.7 Å². The molecule has 0 spiro atoms. The molecule has 1 atom stereocenters. The second kappa shape index (κ2) is 10.5. The fraction of sp³-hybridized carbons (Fsp3) is 0.708. The predicted molar refractivity (Wildman–Crippen MR) is 121 cm³/mol. The molecule has 0 radical (unpaired) electrons. The van der Waals surface area contributed by atoms with Gasteiger partial charge in [-0.1, -0.05) is 12.8 Å². The number of nitrogens with zero attached hydrogens (tertiary/aromatic N) is 4. The van der Waals surface area contributed by atoms with E-state index < -0.39 is 0 Å². The van der Waals surface area contributed by atoms with Gasteiger partial charge in [-0.05, 0) is 63.0 Å². The molecule has 3 heterocycles.